The quantitative estimate of drug-likeness (QED) is 0.461. The van der Waals surface area contributed by atoms with E-state index < -0.39 is 0 Å². The number of aryl methyl sites for hydroxylation is 1. The van der Waals surface area contributed by atoms with Gasteiger partial charge in [-0.05, 0) is 50.0 Å². The Morgan fingerprint density at radius 2 is 2.04 bits per heavy atom. The first kappa shape index (κ1) is 21.6. The highest BCUT2D eigenvalue weighted by atomic mass is 79.9. The monoisotopic (exact) mass is 439 g/mol. The summed E-state index contributed by atoms with van der Waals surface area (Å²) in [7, 11) is 0. The molecule has 150 valence electrons. The van der Waals surface area contributed by atoms with Gasteiger partial charge in [0.15, 0.2) is 5.65 Å². The van der Waals surface area contributed by atoms with Crippen molar-refractivity contribution < 1.29 is 9.53 Å². The summed E-state index contributed by atoms with van der Waals surface area (Å²) in [6.07, 6.45) is 3.33. The molecule has 27 heavy (non-hydrogen) atoms. The topological polar surface area (TPSA) is 80.5 Å². The summed E-state index contributed by atoms with van der Waals surface area (Å²) in [6.45, 7) is 13.7. The largest absolute Gasteiger partial charge is 0.375 e. The molecule has 2 heterocycles. The number of aromatic nitrogens is 3. The van der Waals surface area contributed by atoms with E-state index >= 15 is 0 Å². The first-order chi connectivity index (χ1) is 12.5. The van der Waals surface area contributed by atoms with Gasteiger partial charge in [0.25, 0.3) is 0 Å². The molecule has 2 aromatic rings. The maximum Gasteiger partial charge on any atom is 0.207 e. The van der Waals surface area contributed by atoms with Crippen molar-refractivity contribution in [2.24, 2.45) is 5.41 Å². The Kier molecular flexibility index (Phi) is 6.86. The number of nitrogens with zero attached hydrogens (tertiary/aromatic N) is 3. The molecule has 0 bridgehead atoms. The molecule has 0 aromatic carbocycles. The average Bonchev–Trinajstić information content (AvgIpc) is 2.94. The van der Waals surface area contributed by atoms with Gasteiger partial charge in [-0.25, -0.2) is 4.98 Å². The molecule has 0 aliphatic heterocycles. The van der Waals surface area contributed by atoms with E-state index in [0.717, 1.165) is 34.5 Å². The molecule has 2 N–H and O–H groups in total. The molecule has 7 nitrogen and oxygen atoms in total. The fourth-order valence-corrected chi connectivity index (χ4v) is 3.14. The molecule has 8 heteroatoms. The fourth-order valence-electron chi connectivity index (χ4n) is 2.78. The standard InChI is InChI=1S/C19H30BrN5O2/c1-13-10-22-16-9-15(20)24-25(16)17(13)23-14(7-8-21-12-26)19(5,6)11-27-18(2,3)4/h9-10,12,14,23H,7-8,11H2,1-6H3,(H,21,26). The molecule has 1 unspecified atom stereocenters. The molecule has 0 aliphatic carbocycles. The van der Waals surface area contributed by atoms with Gasteiger partial charge in [-0.1, -0.05) is 13.8 Å². The lowest BCUT2D eigenvalue weighted by Gasteiger charge is -2.37. The van der Waals surface area contributed by atoms with Crippen molar-refractivity contribution in [1.82, 2.24) is 19.9 Å². The number of ether oxygens (including phenoxy) is 1. The van der Waals surface area contributed by atoms with Crippen LogP contribution in [0.1, 0.15) is 46.6 Å². The van der Waals surface area contributed by atoms with E-state index in [0.29, 0.717) is 13.2 Å². The number of carbonyl (C=O) groups excluding carboxylic acids is 1. The first-order valence-electron chi connectivity index (χ1n) is 9.12. The van der Waals surface area contributed by atoms with Gasteiger partial charge < -0.3 is 15.4 Å². The predicted molar refractivity (Wildman–Crippen MR) is 111 cm³/mol. The van der Waals surface area contributed by atoms with E-state index in [1.165, 1.54) is 0 Å². The summed E-state index contributed by atoms with van der Waals surface area (Å²) >= 11 is 3.42. The molecule has 0 saturated heterocycles. The molecule has 0 radical (unpaired) electrons. The SMILES string of the molecule is Cc1cnc2cc(Br)nn2c1NC(CCNC=O)C(C)(C)COC(C)(C)C. The zero-order chi connectivity index (χ0) is 20.2. The normalized spacial score (nSPS) is 13.6. The predicted octanol–water partition coefficient (Wildman–Crippen LogP) is 3.56. The number of anilines is 1. The van der Waals surface area contributed by atoms with Crippen LogP contribution in [0.5, 0.6) is 0 Å². The fraction of sp³-hybridized carbons (Fsp3) is 0.632. The van der Waals surface area contributed by atoms with Crippen molar-refractivity contribution in [1.29, 1.82) is 0 Å². The van der Waals surface area contributed by atoms with Crippen LogP contribution < -0.4 is 10.6 Å². The number of hydrogen-bond acceptors (Lipinski definition) is 5. The molecule has 0 spiro atoms. The van der Waals surface area contributed by atoms with E-state index in [2.05, 4.69) is 71.3 Å². The Hall–Kier alpha value is -1.67. The van der Waals surface area contributed by atoms with E-state index in [-0.39, 0.29) is 17.1 Å². The number of amides is 1. The Balaban J connectivity index is 2.31. The Morgan fingerprint density at radius 3 is 2.67 bits per heavy atom. The third kappa shape index (κ3) is 5.90. The van der Waals surface area contributed by atoms with Crippen molar-refractivity contribution in [2.75, 3.05) is 18.5 Å². The lowest BCUT2D eigenvalue weighted by atomic mass is 9.83. The summed E-state index contributed by atoms with van der Waals surface area (Å²) in [5.41, 5.74) is 1.38. The maximum atomic E-state index is 10.7. The third-order valence-electron chi connectivity index (χ3n) is 4.43. The molecule has 0 aliphatic rings. The Labute approximate surface area is 169 Å². The van der Waals surface area contributed by atoms with Gasteiger partial charge in [-0.3, -0.25) is 4.79 Å². The van der Waals surface area contributed by atoms with Crippen molar-refractivity contribution in [3.8, 4) is 0 Å². The Bertz CT molecular complexity index is 782. The minimum Gasteiger partial charge on any atom is -0.375 e. The average molecular weight is 440 g/mol. The molecule has 0 saturated carbocycles. The zero-order valence-electron chi connectivity index (χ0n) is 17.0. The highest BCUT2D eigenvalue weighted by Gasteiger charge is 2.32. The Morgan fingerprint density at radius 1 is 1.33 bits per heavy atom. The van der Waals surface area contributed by atoms with Crippen molar-refractivity contribution in [3.63, 3.8) is 0 Å². The molecule has 0 fully saturated rings. The molecule has 2 rings (SSSR count). The van der Waals surface area contributed by atoms with Gasteiger partial charge in [0.1, 0.15) is 10.4 Å². The van der Waals surface area contributed by atoms with Crippen molar-refractivity contribution in [2.45, 2.75) is 59.6 Å². The van der Waals surface area contributed by atoms with Crippen LogP contribution >= 0.6 is 15.9 Å². The number of hydrogen-bond donors (Lipinski definition) is 2. The van der Waals surface area contributed by atoms with Gasteiger partial charge in [0.2, 0.25) is 6.41 Å². The summed E-state index contributed by atoms with van der Waals surface area (Å²) in [4.78, 5) is 15.1. The van der Waals surface area contributed by atoms with Crippen LogP contribution in [0.3, 0.4) is 0 Å². The maximum absolute atomic E-state index is 10.7. The second-order valence-electron chi connectivity index (χ2n) is 8.47. The van der Waals surface area contributed by atoms with Crippen LogP contribution in [0.25, 0.3) is 5.65 Å². The number of nitrogens with one attached hydrogen (secondary N) is 2. The molecule has 2 aromatic heterocycles. The number of halogens is 1. The molecular weight excluding hydrogens is 410 g/mol. The lowest BCUT2D eigenvalue weighted by molar-refractivity contribution is -0.109. The van der Waals surface area contributed by atoms with Crippen molar-refractivity contribution >= 4 is 33.8 Å². The third-order valence-corrected chi connectivity index (χ3v) is 4.82. The summed E-state index contributed by atoms with van der Waals surface area (Å²) in [5.74, 6) is 0.894. The molecule has 1 atom stereocenters. The van der Waals surface area contributed by atoms with Gasteiger partial charge >= 0.3 is 0 Å². The van der Waals surface area contributed by atoms with Crippen LogP contribution in [0.2, 0.25) is 0 Å². The summed E-state index contributed by atoms with van der Waals surface area (Å²) < 4.78 is 8.61. The highest BCUT2D eigenvalue weighted by Crippen LogP contribution is 2.30. The number of carbonyl (C=O) groups is 1. The summed E-state index contributed by atoms with van der Waals surface area (Å²) in [6, 6.07) is 1.93. The van der Waals surface area contributed by atoms with Gasteiger partial charge in [0, 0.05) is 35.8 Å². The number of fused-ring (bicyclic) bond motifs is 1. The van der Waals surface area contributed by atoms with Crippen LogP contribution in [0, 0.1) is 12.3 Å². The first-order valence-corrected chi connectivity index (χ1v) is 9.91. The lowest BCUT2D eigenvalue weighted by Crippen LogP contribution is -2.43. The van der Waals surface area contributed by atoms with Gasteiger partial charge in [0.05, 0.1) is 12.2 Å². The highest BCUT2D eigenvalue weighted by molar-refractivity contribution is 9.10. The second-order valence-corrected chi connectivity index (χ2v) is 9.29. The minimum atomic E-state index is -0.213. The second kappa shape index (κ2) is 8.56. The number of rotatable bonds is 9. The van der Waals surface area contributed by atoms with Crippen LogP contribution in [-0.4, -0.2) is 45.8 Å². The van der Waals surface area contributed by atoms with E-state index in [9.17, 15) is 4.79 Å². The van der Waals surface area contributed by atoms with E-state index in [4.69, 9.17) is 4.74 Å². The molecule has 1 amide bonds. The van der Waals surface area contributed by atoms with Crippen LogP contribution in [0.4, 0.5) is 5.82 Å². The van der Waals surface area contributed by atoms with Crippen molar-refractivity contribution in [3.05, 3.63) is 22.4 Å². The van der Waals surface area contributed by atoms with E-state index in [1.54, 1.807) is 4.52 Å². The summed E-state index contributed by atoms with van der Waals surface area (Å²) in [5, 5.41) is 10.9. The van der Waals surface area contributed by atoms with Gasteiger partial charge in [-0.2, -0.15) is 9.61 Å². The van der Waals surface area contributed by atoms with Crippen LogP contribution in [0.15, 0.2) is 16.9 Å². The smallest absolute Gasteiger partial charge is 0.207 e. The van der Waals surface area contributed by atoms with E-state index in [1.807, 2.05) is 19.2 Å². The zero-order valence-corrected chi connectivity index (χ0v) is 18.6. The van der Waals surface area contributed by atoms with Gasteiger partial charge in [-0.15, -0.1) is 0 Å². The minimum absolute atomic E-state index is 0.0552. The molecular formula is C19H30BrN5O2. The van der Waals surface area contributed by atoms with Crippen LogP contribution in [-0.2, 0) is 9.53 Å².